The molecule has 0 atom stereocenters. The van der Waals surface area contributed by atoms with E-state index in [9.17, 15) is 9.59 Å². The summed E-state index contributed by atoms with van der Waals surface area (Å²) in [6, 6.07) is 11.7. The third-order valence-electron chi connectivity index (χ3n) is 2.79. The van der Waals surface area contributed by atoms with Crippen LogP contribution in [0.15, 0.2) is 48.5 Å². The van der Waals surface area contributed by atoms with Gasteiger partial charge in [0.1, 0.15) is 24.7 Å². The summed E-state index contributed by atoms with van der Waals surface area (Å²) in [6.45, 7) is 0.205. The van der Waals surface area contributed by atoms with E-state index in [1.54, 1.807) is 0 Å². The summed E-state index contributed by atoms with van der Waals surface area (Å²) < 4.78 is 10.3. The fourth-order valence-electron chi connectivity index (χ4n) is 1.67. The highest BCUT2D eigenvalue weighted by Gasteiger charge is 2.07. The minimum absolute atomic E-state index is 0.0559. The Balaban J connectivity index is 1.75. The standard InChI is InChI=1S/C16H14O6/c17-13-5-1-12(2-6-13)16(20)22-10-9-21-14-7-3-11(4-8-14)15(18)19/h1-8,17H,9-10H2,(H,18,19). The number of carboxylic acids is 1. The third-order valence-corrected chi connectivity index (χ3v) is 2.79. The van der Waals surface area contributed by atoms with Gasteiger partial charge in [-0.05, 0) is 48.5 Å². The molecule has 0 heterocycles. The minimum Gasteiger partial charge on any atom is -0.508 e. The van der Waals surface area contributed by atoms with Crippen molar-refractivity contribution < 1.29 is 29.3 Å². The number of hydrogen-bond acceptors (Lipinski definition) is 5. The van der Waals surface area contributed by atoms with Gasteiger partial charge in [0.15, 0.2) is 0 Å². The number of phenols is 1. The third kappa shape index (κ3) is 4.24. The maximum atomic E-state index is 11.7. The number of carbonyl (C=O) groups excluding carboxylic acids is 1. The molecule has 6 heteroatoms. The average Bonchev–Trinajstić information content (AvgIpc) is 2.52. The number of esters is 1. The zero-order chi connectivity index (χ0) is 15.9. The van der Waals surface area contributed by atoms with Crippen LogP contribution in [0.5, 0.6) is 11.5 Å². The van der Waals surface area contributed by atoms with Gasteiger partial charge in [0.25, 0.3) is 0 Å². The Hall–Kier alpha value is -3.02. The van der Waals surface area contributed by atoms with Gasteiger partial charge >= 0.3 is 11.9 Å². The number of aromatic carboxylic acids is 1. The molecule has 0 unspecified atom stereocenters. The van der Waals surface area contributed by atoms with Gasteiger partial charge in [-0.3, -0.25) is 0 Å². The van der Waals surface area contributed by atoms with Gasteiger partial charge < -0.3 is 19.7 Å². The van der Waals surface area contributed by atoms with Crippen molar-refractivity contribution in [1.29, 1.82) is 0 Å². The zero-order valence-corrected chi connectivity index (χ0v) is 11.6. The summed E-state index contributed by atoms with van der Waals surface area (Å²) in [7, 11) is 0. The molecule has 0 aromatic heterocycles. The van der Waals surface area contributed by atoms with Gasteiger partial charge in [0.2, 0.25) is 0 Å². The molecular formula is C16H14O6. The van der Waals surface area contributed by atoms with E-state index in [4.69, 9.17) is 19.7 Å². The molecule has 0 saturated heterocycles. The average molecular weight is 302 g/mol. The summed E-state index contributed by atoms with van der Waals surface area (Å²) in [6.07, 6.45) is 0. The number of phenolic OH excluding ortho intramolecular Hbond substituents is 1. The Morgan fingerprint density at radius 1 is 0.864 bits per heavy atom. The van der Waals surface area contributed by atoms with Crippen LogP contribution >= 0.6 is 0 Å². The second kappa shape index (κ2) is 7.12. The summed E-state index contributed by atoms with van der Waals surface area (Å²) >= 11 is 0. The van der Waals surface area contributed by atoms with Gasteiger partial charge in [0.05, 0.1) is 11.1 Å². The number of carboxylic acid groups (broad SMARTS) is 1. The van der Waals surface area contributed by atoms with Crippen LogP contribution < -0.4 is 4.74 Å². The van der Waals surface area contributed by atoms with Crippen molar-refractivity contribution in [3.8, 4) is 11.5 Å². The monoisotopic (exact) mass is 302 g/mol. The van der Waals surface area contributed by atoms with Crippen LogP contribution in [0.25, 0.3) is 0 Å². The Bertz CT molecular complexity index is 645. The molecule has 0 amide bonds. The lowest BCUT2D eigenvalue weighted by atomic mass is 10.2. The number of benzene rings is 2. The van der Waals surface area contributed by atoms with Gasteiger partial charge in [-0.2, -0.15) is 0 Å². The van der Waals surface area contributed by atoms with E-state index in [0.717, 1.165) is 0 Å². The van der Waals surface area contributed by atoms with Crippen molar-refractivity contribution in [3.05, 3.63) is 59.7 Å². The summed E-state index contributed by atoms with van der Waals surface area (Å²) in [5.74, 6) is -0.949. The summed E-state index contributed by atoms with van der Waals surface area (Å²) in [5, 5.41) is 17.9. The quantitative estimate of drug-likeness (QED) is 0.628. The molecule has 2 aromatic carbocycles. The fourth-order valence-corrected chi connectivity index (χ4v) is 1.67. The van der Waals surface area contributed by atoms with Crippen molar-refractivity contribution in [2.24, 2.45) is 0 Å². The molecule has 0 fully saturated rings. The smallest absolute Gasteiger partial charge is 0.338 e. The van der Waals surface area contributed by atoms with Crippen LogP contribution in [0.1, 0.15) is 20.7 Å². The molecule has 22 heavy (non-hydrogen) atoms. The molecule has 2 rings (SSSR count). The van der Waals surface area contributed by atoms with E-state index in [1.165, 1.54) is 48.5 Å². The first-order valence-corrected chi connectivity index (χ1v) is 6.48. The molecule has 0 radical (unpaired) electrons. The number of ether oxygens (including phenoxy) is 2. The number of hydrogen-bond donors (Lipinski definition) is 2. The van der Waals surface area contributed by atoms with E-state index in [2.05, 4.69) is 0 Å². The van der Waals surface area contributed by atoms with Crippen molar-refractivity contribution >= 4 is 11.9 Å². The van der Waals surface area contributed by atoms with Crippen molar-refractivity contribution in [1.82, 2.24) is 0 Å². The first-order chi connectivity index (χ1) is 10.6. The topological polar surface area (TPSA) is 93.1 Å². The summed E-state index contributed by atoms with van der Waals surface area (Å²) in [5.41, 5.74) is 0.509. The predicted octanol–water partition coefficient (Wildman–Crippen LogP) is 2.33. The van der Waals surface area contributed by atoms with Gasteiger partial charge in [-0.1, -0.05) is 0 Å². The van der Waals surface area contributed by atoms with Crippen LogP contribution in [-0.2, 0) is 4.74 Å². The first kappa shape index (κ1) is 15.4. The molecule has 6 nitrogen and oxygen atoms in total. The van der Waals surface area contributed by atoms with Gasteiger partial charge in [-0.25, -0.2) is 9.59 Å². The molecular weight excluding hydrogens is 288 g/mol. The normalized spacial score (nSPS) is 10.0. The first-order valence-electron chi connectivity index (χ1n) is 6.48. The molecule has 0 spiro atoms. The van der Waals surface area contributed by atoms with Crippen LogP contribution in [0.2, 0.25) is 0 Å². The highest BCUT2D eigenvalue weighted by atomic mass is 16.6. The summed E-state index contributed by atoms with van der Waals surface area (Å²) in [4.78, 5) is 22.4. The highest BCUT2D eigenvalue weighted by molar-refractivity contribution is 5.89. The lowest BCUT2D eigenvalue weighted by Gasteiger charge is -2.07. The van der Waals surface area contributed by atoms with Gasteiger partial charge in [0, 0.05) is 0 Å². The SMILES string of the molecule is O=C(O)c1ccc(OCCOC(=O)c2ccc(O)cc2)cc1. The highest BCUT2D eigenvalue weighted by Crippen LogP contribution is 2.13. The van der Waals surface area contributed by atoms with Crippen LogP contribution in [0, 0.1) is 0 Å². The van der Waals surface area contributed by atoms with E-state index in [1.807, 2.05) is 0 Å². The van der Waals surface area contributed by atoms with E-state index >= 15 is 0 Å². The van der Waals surface area contributed by atoms with Crippen LogP contribution in [-0.4, -0.2) is 35.4 Å². The number of aromatic hydroxyl groups is 1. The van der Waals surface area contributed by atoms with Gasteiger partial charge in [-0.15, -0.1) is 0 Å². The molecule has 0 saturated carbocycles. The second-order valence-electron chi connectivity index (χ2n) is 4.36. The number of carbonyl (C=O) groups is 2. The van der Waals surface area contributed by atoms with E-state index < -0.39 is 11.9 Å². The Kier molecular flexibility index (Phi) is 4.98. The molecule has 2 aromatic rings. The Labute approximate surface area is 126 Å². The van der Waals surface area contributed by atoms with E-state index in [0.29, 0.717) is 11.3 Å². The Morgan fingerprint density at radius 2 is 1.45 bits per heavy atom. The van der Waals surface area contributed by atoms with Crippen molar-refractivity contribution in [2.45, 2.75) is 0 Å². The lowest BCUT2D eigenvalue weighted by molar-refractivity contribution is 0.0450. The van der Waals surface area contributed by atoms with Crippen LogP contribution in [0.4, 0.5) is 0 Å². The fraction of sp³-hybridized carbons (Fsp3) is 0.125. The molecule has 0 aliphatic rings. The largest absolute Gasteiger partial charge is 0.508 e. The van der Waals surface area contributed by atoms with Crippen LogP contribution in [0.3, 0.4) is 0 Å². The zero-order valence-electron chi connectivity index (χ0n) is 11.6. The maximum absolute atomic E-state index is 11.7. The van der Waals surface area contributed by atoms with E-state index in [-0.39, 0.29) is 24.5 Å². The lowest BCUT2D eigenvalue weighted by Crippen LogP contribution is -2.12. The van der Waals surface area contributed by atoms with Crippen molar-refractivity contribution in [2.75, 3.05) is 13.2 Å². The van der Waals surface area contributed by atoms with Crippen molar-refractivity contribution in [3.63, 3.8) is 0 Å². The number of rotatable bonds is 6. The molecule has 0 bridgehead atoms. The maximum Gasteiger partial charge on any atom is 0.338 e. The molecule has 114 valence electrons. The molecule has 0 aliphatic heterocycles. The Morgan fingerprint density at radius 3 is 2.05 bits per heavy atom. The molecule has 0 aliphatic carbocycles. The minimum atomic E-state index is -1.01. The second-order valence-corrected chi connectivity index (χ2v) is 4.36. The molecule has 2 N–H and O–H groups in total. The predicted molar refractivity (Wildman–Crippen MR) is 77.3 cm³/mol.